The Morgan fingerprint density at radius 2 is 1.50 bits per heavy atom. The van der Waals surface area contributed by atoms with Gasteiger partial charge in [-0.25, -0.2) is 0 Å². The average Bonchev–Trinajstić information content (AvgIpc) is 2.66. The summed E-state index contributed by atoms with van der Waals surface area (Å²) in [5.74, 6) is 0.0395. The molecule has 0 radical (unpaired) electrons. The Kier molecular flexibility index (Phi) is 6.40. The first-order chi connectivity index (χ1) is 13.4. The number of benzene rings is 3. The molecule has 0 N–H and O–H groups in total. The molecule has 3 aromatic rings. The molecular formula is C24H23F3O. The molecule has 0 aliphatic rings. The smallest absolute Gasteiger partial charge is 0.406 e. The van der Waals surface area contributed by atoms with Gasteiger partial charge in [-0.1, -0.05) is 72.3 Å². The zero-order chi connectivity index (χ0) is 20.0. The summed E-state index contributed by atoms with van der Waals surface area (Å²) >= 11 is 0. The zero-order valence-corrected chi connectivity index (χ0v) is 15.7. The summed E-state index contributed by atoms with van der Waals surface area (Å²) < 4.78 is 41.6. The molecular weight excluding hydrogens is 361 g/mol. The lowest BCUT2D eigenvalue weighted by molar-refractivity contribution is -0.274. The van der Waals surface area contributed by atoms with Gasteiger partial charge in [-0.15, -0.1) is 13.2 Å². The highest BCUT2D eigenvalue weighted by Crippen LogP contribution is 2.29. The van der Waals surface area contributed by atoms with Gasteiger partial charge in [0.25, 0.3) is 0 Å². The van der Waals surface area contributed by atoms with Crippen molar-refractivity contribution in [2.45, 2.75) is 38.5 Å². The molecule has 0 heterocycles. The minimum Gasteiger partial charge on any atom is -0.406 e. The molecule has 0 fully saturated rings. The van der Waals surface area contributed by atoms with Gasteiger partial charge in [0.1, 0.15) is 5.75 Å². The van der Waals surface area contributed by atoms with Gasteiger partial charge in [0.15, 0.2) is 0 Å². The molecule has 3 aromatic carbocycles. The van der Waals surface area contributed by atoms with E-state index in [4.69, 9.17) is 0 Å². The van der Waals surface area contributed by atoms with Crippen molar-refractivity contribution in [2.75, 3.05) is 0 Å². The van der Waals surface area contributed by atoms with Gasteiger partial charge < -0.3 is 4.74 Å². The van der Waals surface area contributed by atoms with E-state index in [1.165, 1.54) is 28.8 Å². The summed E-state index contributed by atoms with van der Waals surface area (Å²) in [6, 6.07) is 24.9. The minimum absolute atomic E-state index is 0.171. The molecule has 0 aliphatic heterocycles. The number of aryl methyl sites for hydroxylation is 2. The van der Waals surface area contributed by atoms with E-state index in [-0.39, 0.29) is 11.7 Å². The van der Waals surface area contributed by atoms with E-state index in [2.05, 4.69) is 41.1 Å². The van der Waals surface area contributed by atoms with Crippen molar-refractivity contribution in [3.8, 4) is 5.75 Å². The summed E-state index contributed by atoms with van der Waals surface area (Å²) in [6.07, 6.45) is -2.19. The maximum Gasteiger partial charge on any atom is 0.573 e. The zero-order valence-electron chi connectivity index (χ0n) is 15.7. The van der Waals surface area contributed by atoms with Crippen molar-refractivity contribution in [1.82, 2.24) is 0 Å². The van der Waals surface area contributed by atoms with Gasteiger partial charge in [0.05, 0.1) is 0 Å². The Morgan fingerprint density at radius 1 is 0.821 bits per heavy atom. The van der Waals surface area contributed by atoms with E-state index in [9.17, 15) is 13.2 Å². The summed E-state index contributed by atoms with van der Waals surface area (Å²) in [5.41, 5.74) is 4.48. The fourth-order valence-corrected chi connectivity index (χ4v) is 3.36. The van der Waals surface area contributed by atoms with E-state index < -0.39 is 6.36 Å². The molecule has 0 saturated carbocycles. The van der Waals surface area contributed by atoms with Crippen molar-refractivity contribution >= 4 is 0 Å². The monoisotopic (exact) mass is 384 g/mol. The van der Waals surface area contributed by atoms with Crippen LogP contribution in [0.1, 0.15) is 34.6 Å². The van der Waals surface area contributed by atoms with Crippen LogP contribution in [0.15, 0.2) is 78.9 Å². The highest BCUT2D eigenvalue weighted by molar-refractivity contribution is 5.32. The van der Waals surface area contributed by atoms with Crippen LogP contribution in [0.5, 0.6) is 5.75 Å². The topological polar surface area (TPSA) is 9.23 Å². The van der Waals surface area contributed by atoms with E-state index >= 15 is 0 Å². The second-order valence-corrected chi connectivity index (χ2v) is 7.03. The Morgan fingerprint density at radius 3 is 2.18 bits per heavy atom. The summed E-state index contributed by atoms with van der Waals surface area (Å²) in [4.78, 5) is 0. The standard InChI is InChI=1S/C24H23F3O/c1-18-10-13-21(14-11-18)22(15-12-19-6-3-2-4-7-19)16-20-8-5-9-23(17-20)28-24(25,26)27/h2-11,13-14,17,22H,12,15-16H2,1H3/t22-/m1/s1. The van der Waals surface area contributed by atoms with E-state index in [0.717, 1.165) is 18.4 Å². The number of hydrogen-bond acceptors (Lipinski definition) is 1. The first kappa shape index (κ1) is 20.0. The maximum atomic E-state index is 12.5. The summed E-state index contributed by atoms with van der Waals surface area (Å²) in [5, 5.41) is 0. The third-order valence-electron chi connectivity index (χ3n) is 4.79. The van der Waals surface area contributed by atoms with Crippen LogP contribution in [0.2, 0.25) is 0 Å². The molecule has 0 bridgehead atoms. The van der Waals surface area contributed by atoms with Gasteiger partial charge in [0.2, 0.25) is 0 Å². The molecule has 3 rings (SSSR count). The molecule has 1 nitrogen and oxygen atoms in total. The number of alkyl halides is 3. The molecule has 1 atom stereocenters. The molecule has 0 spiro atoms. The van der Waals surface area contributed by atoms with Crippen molar-refractivity contribution < 1.29 is 17.9 Å². The van der Waals surface area contributed by atoms with Crippen molar-refractivity contribution in [1.29, 1.82) is 0 Å². The van der Waals surface area contributed by atoms with Crippen molar-refractivity contribution in [3.05, 3.63) is 101 Å². The second kappa shape index (κ2) is 8.96. The fourth-order valence-electron chi connectivity index (χ4n) is 3.36. The molecule has 146 valence electrons. The molecule has 0 aliphatic carbocycles. The Balaban J connectivity index is 1.78. The summed E-state index contributed by atoms with van der Waals surface area (Å²) in [7, 11) is 0. The Labute approximate surface area is 163 Å². The van der Waals surface area contributed by atoms with Gasteiger partial charge in [-0.05, 0) is 60.9 Å². The first-order valence-electron chi connectivity index (χ1n) is 9.34. The van der Waals surface area contributed by atoms with E-state index in [0.29, 0.717) is 6.42 Å². The quantitative estimate of drug-likeness (QED) is 0.433. The third-order valence-corrected chi connectivity index (χ3v) is 4.79. The van der Waals surface area contributed by atoms with Crippen molar-refractivity contribution in [3.63, 3.8) is 0 Å². The van der Waals surface area contributed by atoms with Gasteiger partial charge in [-0.3, -0.25) is 0 Å². The van der Waals surface area contributed by atoms with Crippen LogP contribution in [0, 0.1) is 6.92 Å². The largest absolute Gasteiger partial charge is 0.573 e. The van der Waals surface area contributed by atoms with Crippen LogP contribution < -0.4 is 4.74 Å². The third kappa shape index (κ3) is 6.15. The number of hydrogen-bond donors (Lipinski definition) is 0. The lowest BCUT2D eigenvalue weighted by atomic mass is 9.86. The first-order valence-corrected chi connectivity index (χ1v) is 9.34. The highest BCUT2D eigenvalue weighted by atomic mass is 19.4. The van der Waals surface area contributed by atoms with Crippen LogP contribution in [-0.2, 0) is 12.8 Å². The predicted molar refractivity (Wildman–Crippen MR) is 106 cm³/mol. The van der Waals surface area contributed by atoms with Crippen LogP contribution in [0.25, 0.3) is 0 Å². The Hall–Kier alpha value is -2.75. The maximum absolute atomic E-state index is 12.5. The van der Waals surface area contributed by atoms with Crippen LogP contribution in [0.4, 0.5) is 13.2 Å². The molecule has 4 heteroatoms. The second-order valence-electron chi connectivity index (χ2n) is 7.03. The van der Waals surface area contributed by atoms with Gasteiger partial charge >= 0.3 is 6.36 Å². The highest BCUT2D eigenvalue weighted by Gasteiger charge is 2.31. The van der Waals surface area contributed by atoms with Gasteiger partial charge in [-0.2, -0.15) is 0 Å². The van der Waals surface area contributed by atoms with Crippen LogP contribution in [-0.4, -0.2) is 6.36 Å². The fraction of sp³-hybridized carbons (Fsp3) is 0.250. The lowest BCUT2D eigenvalue weighted by Crippen LogP contribution is -2.17. The number of ether oxygens (including phenoxy) is 1. The Bertz CT molecular complexity index is 870. The van der Waals surface area contributed by atoms with E-state index in [1.807, 2.05) is 31.2 Å². The summed E-state index contributed by atoms with van der Waals surface area (Å²) in [6.45, 7) is 2.04. The number of halogens is 3. The number of rotatable bonds is 7. The molecule has 28 heavy (non-hydrogen) atoms. The van der Waals surface area contributed by atoms with Crippen molar-refractivity contribution in [2.24, 2.45) is 0 Å². The van der Waals surface area contributed by atoms with E-state index in [1.54, 1.807) is 6.07 Å². The van der Waals surface area contributed by atoms with Gasteiger partial charge in [0, 0.05) is 0 Å². The molecule has 0 amide bonds. The van der Waals surface area contributed by atoms with Crippen LogP contribution >= 0.6 is 0 Å². The normalized spacial score (nSPS) is 12.6. The predicted octanol–water partition coefficient (Wildman–Crippen LogP) is 6.85. The van der Waals surface area contributed by atoms with Crippen LogP contribution in [0.3, 0.4) is 0 Å². The lowest BCUT2D eigenvalue weighted by Gasteiger charge is -2.19. The molecule has 0 aromatic heterocycles. The average molecular weight is 384 g/mol. The molecule has 0 unspecified atom stereocenters. The SMILES string of the molecule is Cc1ccc([C@H](CCc2ccccc2)Cc2cccc(OC(F)(F)F)c2)cc1. The molecule has 0 saturated heterocycles. The minimum atomic E-state index is -4.68.